The van der Waals surface area contributed by atoms with E-state index in [9.17, 15) is 4.79 Å². The predicted octanol–water partition coefficient (Wildman–Crippen LogP) is 3.89. The Balaban J connectivity index is 1.58. The average molecular weight is 411 g/mol. The van der Waals surface area contributed by atoms with Crippen molar-refractivity contribution in [3.63, 3.8) is 0 Å². The molecule has 0 bridgehead atoms. The van der Waals surface area contributed by atoms with Gasteiger partial charge < -0.3 is 10.1 Å². The van der Waals surface area contributed by atoms with Gasteiger partial charge in [-0.15, -0.1) is 10.2 Å². The van der Waals surface area contributed by atoms with Gasteiger partial charge in [0.15, 0.2) is 5.16 Å². The Bertz CT molecular complexity index is 929. The molecule has 0 aliphatic rings. The van der Waals surface area contributed by atoms with Gasteiger partial charge in [-0.25, -0.2) is 0 Å². The van der Waals surface area contributed by atoms with Gasteiger partial charge >= 0.3 is 0 Å². The van der Waals surface area contributed by atoms with Gasteiger partial charge in [-0.2, -0.15) is 0 Å². The summed E-state index contributed by atoms with van der Waals surface area (Å²) in [7, 11) is 1.63. The predicted molar refractivity (Wildman–Crippen MR) is 116 cm³/mol. The summed E-state index contributed by atoms with van der Waals surface area (Å²) in [6, 6.07) is 18.1. The van der Waals surface area contributed by atoms with Crippen molar-refractivity contribution >= 4 is 17.7 Å². The van der Waals surface area contributed by atoms with E-state index in [4.69, 9.17) is 4.74 Å². The molecule has 1 amide bonds. The van der Waals surface area contributed by atoms with Gasteiger partial charge in [-0.05, 0) is 44.4 Å². The van der Waals surface area contributed by atoms with Gasteiger partial charge in [0.2, 0.25) is 5.91 Å². The second kappa shape index (κ2) is 10.1. The SMILES string of the molecule is COc1ccccc1-n1cnnc1S[C@@H](C)C(=O)N[C@H](C)CCc1ccccc1. The van der Waals surface area contributed by atoms with Crippen molar-refractivity contribution in [3.05, 3.63) is 66.5 Å². The summed E-state index contributed by atoms with van der Waals surface area (Å²) in [4.78, 5) is 12.6. The molecule has 2 aromatic carbocycles. The Morgan fingerprint density at radius 2 is 1.86 bits per heavy atom. The molecule has 0 saturated carbocycles. The number of nitrogens with one attached hydrogen (secondary N) is 1. The molecule has 0 aliphatic carbocycles. The van der Waals surface area contributed by atoms with Crippen molar-refractivity contribution in [2.75, 3.05) is 7.11 Å². The fourth-order valence-electron chi connectivity index (χ4n) is 2.97. The third-order valence-electron chi connectivity index (χ3n) is 4.61. The van der Waals surface area contributed by atoms with Crippen LogP contribution in [0, 0.1) is 0 Å². The number of nitrogens with zero attached hydrogens (tertiary/aromatic N) is 3. The highest BCUT2D eigenvalue weighted by atomic mass is 32.2. The van der Waals surface area contributed by atoms with E-state index in [2.05, 4.69) is 27.6 Å². The Hall–Kier alpha value is -2.80. The van der Waals surface area contributed by atoms with E-state index in [-0.39, 0.29) is 17.2 Å². The quantitative estimate of drug-likeness (QED) is 0.542. The maximum atomic E-state index is 12.6. The molecule has 1 N–H and O–H groups in total. The summed E-state index contributed by atoms with van der Waals surface area (Å²) in [5.41, 5.74) is 2.12. The number of carbonyl (C=O) groups is 1. The first-order chi connectivity index (χ1) is 14.1. The van der Waals surface area contributed by atoms with Crippen LogP contribution in [0.5, 0.6) is 5.75 Å². The highest BCUT2D eigenvalue weighted by molar-refractivity contribution is 8.00. The highest BCUT2D eigenvalue weighted by Crippen LogP contribution is 2.28. The summed E-state index contributed by atoms with van der Waals surface area (Å²) in [5, 5.41) is 11.7. The fraction of sp³-hybridized carbons (Fsp3) is 0.318. The zero-order chi connectivity index (χ0) is 20.6. The molecule has 7 heteroatoms. The topological polar surface area (TPSA) is 69.0 Å². The molecule has 0 unspecified atom stereocenters. The third kappa shape index (κ3) is 5.60. The van der Waals surface area contributed by atoms with Crippen LogP contribution in [0.15, 0.2) is 66.1 Å². The minimum Gasteiger partial charge on any atom is -0.495 e. The summed E-state index contributed by atoms with van der Waals surface area (Å²) in [5.74, 6) is 0.714. The zero-order valence-electron chi connectivity index (χ0n) is 16.9. The average Bonchev–Trinajstić information content (AvgIpc) is 3.20. The Labute approximate surface area is 175 Å². The number of benzene rings is 2. The number of amides is 1. The first-order valence-corrected chi connectivity index (χ1v) is 10.5. The molecule has 3 rings (SSSR count). The molecule has 0 spiro atoms. The largest absolute Gasteiger partial charge is 0.495 e. The smallest absolute Gasteiger partial charge is 0.233 e. The van der Waals surface area contributed by atoms with E-state index >= 15 is 0 Å². The standard InChI is InChI=1S/C22H26N4O2S/c1-16(13-14-18-9-5-4-6-10-18)24-21(27)17(2)29-22-25-23-15-26(22)19-11-7-8-12-20(19)28-3/h4-12,15-17H,13-14H2,1-3H3,(H,24,27)/t16-,17+/m1/s1. The lowest BCUT2D eigenvalue weighted by molar-refractivity contribution is -0.120. The Morgan fingerprint density at radius 1 is 1.14 bits per heavy atom. The van der Waals surface area contributed by atoms with Crippen LogP contribution >= 0.6 is 11.8 Å². The highest BCUT2D eigenvalue weighted by Gasteiger charge is 2.20. The second-order valence-electron chi connectivity index (χ2n) is 6.85. The molecule has 6 nitrogen and oxygen atoms in total. The molecule has 0 fully saturated rings. The maximum Gasteiger partial charge on any atom is 0.233 e. The minimum atomic E-state index is -0.299. The number of carbonyl (C=O) groups excluding carboxylic acids is 1. The zero-order valence-corrected chi connectivity index (χ0v) is 17.7. The van der Waals surface area contributed by atoms with Crippen molar-refractivity contribution in [1.82, 2.24) is 20.1 Å². The first kappa shape index (κ1) is 20.9. The second-order valence-corrected chi connectivity index (χ2v) is 8.16. The van der Waals surface area contributed by atoms with Crippen molar-refractivity contribution in [2.24, 2.45) is 0 Å². The maximum absolute atomic E-state index is 12.6. The van der Waals surface area contributed by atoms with Gasteiger partial charge in [0.25, 0.3) is 0 Å². The monoisotopic (exact) mass is 410 g/mol. The van der Waals surface area contributed by atoms with E-state index in [1.807, 2.05) is 60.9 Å². The van der Waals surface area contributed by atoms with Crippen molar-refractivity contribution in [1.29, 1.82) is 0 Å². The molecule has 152 valence electrons. The van der Waals surface area contributed by atoms with Crippen molar-refractivity contribution < 1.29 is 9.53 Å². The van der Waals surface area contributed by atoms with Gasteiger partial charge in [0.1, 0.15) is 12.1 Å². The lowest BCUT2D eigenvalue weighted by Gasteiger charge is -2.17. The van der Waals surface area contributed by atoms with Crippen LogP contribution in [0.25, 0.3) is 5.69 Å². The minimum absolute atomic E-state index is 0.00913. The molecule has 29 heavy (non-hydrogen) atoms. The molecule has 1 aromatic heterocycles. The number of para-hydroxylation sites is 2. The van der Waals surface area contributed by atoms with Crippen LogP contribution in [0.4, 0.5) is 0 Å². The first-order valence-electron chi connectivity index (χ1n) is 9.63. The normalized spacial score (nSPS) is 12.9. The van der Waals surface area contributed by atoms with E-state index in [0.717, 1.165) is 24.3 Å². The van der Waals surface area contributed by atoms with Gasteiger partial charge in [0.05, 0.1) is 18.0 Å². The van der Waals surface area contributed by atoms with E-state index in [1.165, 1.54) is 17.3 Å². The Kier molecular flexibility index (Phi) is 7.30. The molecular formula is C22H26N4O2S. The number of hydrogen-bond donors (Lipinski definition) is 1. The van der Waals surface area contributed by atoms with Crippen LogP contribution in [0.3, 0.4) is 0 Å². The van der Waals surface area contributed by atoms with Gasteiger partial charge in [0, 0.05) is 6.04 Å². The van der Waals surface area contributed by atoms with Crippen molar-refractivity contribution in [3.8, 4) is 11.4 Å². The molecule has 3 aromatic rings. The van der Waals surface area contributed by atoms with Crippen LogP contribution < -0.4 is 10.1 Å². The lowest BCUT2D eigenvalue weighted by atomic mass is 10.1. The van der Waals surface area contributed by atoms with Gasteiger partial charge in [-0.1, -0.05) is 54.2 Å². The van der Waals surface area contributed by atoms with Crippen LogP contribution in [-0.2, 0) is 11.2 Å². The summed E-state index contributed by atoms with van der Waals surface area (Å²) in [6.45, 7) is 3.92. The van der Waals surface area contributed by atoms with Gasteiger partial charge in [-0.3, -0.25) is 9.36 Å². The van der Waals surface area contributed by atoms with Crippen LogP contribution in [0.1, 0.15) is 25.8 Å². The number of aryl methyl sites for hydroxylation is 1. The van der Waals surface area contributed by atoms with E-state index in [0.29, 0.717) is 5.16 Å². The molecule has 2 atom stereocenters. The van der Waals surface area contributed by atoms with Crippen LogP contribution in [0.2, 0.25) is 0 Å². The summed E-state index contributed by atoms with van der Waals surface area (Å²) < 4.78 is 7.27. The van der Waals surface area contributed by atoms with E-state index < -0.39 is 0 Å². The lowest BCUT2D eigenvalue weighted by Crippen LogP contribution is -2.38. The molecule has 0 radical (unpaired) electrons. The van der Waals surface area contributed by atoms with E-state index in [1.54, 1.807) is 13.4 Å². The van der Waals surface area contributed by atoms with Crippen LogP contribution in [-0.4, -0.2) is 39.1 Å². The Morgan fingerprint density at radius 3 is 2.62 bits per heavy atom. The number of aromatic nitrogens is 3. The third-order valence-corrected chi connectivity index (χ3v) is 5.67. The number of methoxy groups -OCH3 is 1. The number of ether oxygens (including phenoxy) is 1. The summed E-state index contributed by atoms with van der Waals surface area (Å²) in [6.07, 6.45) is 3.46. The number of rotatable bonds is 9. The summed E-state index contributed by atoms with van der Waals surface area (Å²) >= 11 is 1.38. The molecule has 0 saturated heterocycles. The molecule has 1 heterocycles. The number of thioether (sulfide) groups is 1. The van der Waals surface area contributed by atoms with Crippen molar-refractivity contribution in [2.45, 2.75) is 43.1 Å². The fourth-order valence-corrected chi connectivity index (χ4v) is 3.82. The molecule has 0 aliphatic heterocycles. The molecular weight excluding hydrogens is 384 g/mol. The number of hydrogen-bond acceptors (Lipinski definition) is 5.